The van der Waals surface area contributed by atoms with Crippen LogP contribution in [0.4, 0.5) is 0 Å². The van der Waals surface area contributed by atoms with Crippen molar-refractivity contribution in [3.8, 4) is 5.69 Å². The maximum Gasteiger partial charge on any atom is 0.263 e. The molecule has 0 aromatic carbocycles. The first kappa shape index (κ1) is 15.3. The Kier molecular flexibility index (Phi) is 4.92. The molecule has 0 aliphatic carbocycles. The monoisotopic (exact) mass is 319 g/mol. The maximum atomic E-state index is 12.5. The van der Waals surface area contributed by atoms with E-state index in [9.17, 15) is 4.79 Å². The minimum absolute atomic E-state index is 0.000501. The van der Waals surface area contributed by atoms with Crippen LogP contribution in [0.3, 0.4) is 0 Å². The van der Waals surface area contributed by atoms with Crippen LogP contribution in [-0.2, 0) is 4.74 Å². The minimum Gasteiger partial charge on any atom is -0.379 e. The Balaban J connectivity index is 1.61. The first-order valence-corrected chi connectivity index (χ1v) is 8.44. The van der Waals surface area contributed by atoms with Gasteiger partial charge in [-0.05, 0) is 30.5 Å². The molecule has 0 radical (unpaired) electrons. The van der Waals surface area contributed by atoms with E-state index in [4.69, 9.17) is 4.74 Å². The molecule has 0 unspecified atom stereocenters. The molecule has 1 amide bonds. The highest BCUT2D eigenvalue weighted by Crippen LogP contribution is 2.21. The molecule has 1 aliphatic heterocycles. The van der Waals surface area contributed by atoms with Gasteiger partial charge in [-0.3, -0.25) is 9.69 Å². The molecular formula is C16H21N3O2S. The summed E-state index contributed by atoms with van der Waals surface area (Å²) in [6, 6.07) is 6.01. The number of aromatic nitrogens is 1. The van der Waals surface area contributed by atoms with Crippen LogP contribution >= 0.6 is 11.3 Å². The molecule has 0 saturated carbocycles. The van der Waals surface area contributed by atoms with Gasteiger partial charge in [-0.25, -0.2) is 0 Å². The average Bonchev–Trinajstić information content (AvgIpc) is 3.19. The van der Waals surface area contributed by atoms with E-state index in [1.807, 2.05) is 40.5 Å². The van der Waals surface area contributed by atoms with Crippen molar-refractivity contribution in [3.63, 3.8) is 0 Å². The normalized spacial score (nSPS) is 17.3. The Morgan fingerprint density at radius 3 is 2.82 bits per heavy atom. The van der Waals surface area contributed by atoms with Crippen LogP contribution in [0.1, 0.15) is 16.6 Å². The second-order valence-electron chi connectivity index (χ2n) is 5.51. The Morgan fingerprint density at radius 2 is 2.09 bits per heavy atom. The first-order chi connectivity index (χ1) is 10.7. The molecule has 1 fully saturated rings. The number of carbonyl (C=O) groups is 1. The molecule has 22 heavy (non-hydrogen) atoms. The Labute approximate surface area is 134 Å². The van der Waals surface area contributed by atoms with Crippen molar-refractivity contribution in [2.24, 2.45) is 0 Å². The molecule has 6 heteroatoms. The van der Waals surface area contributed by atoms with Crippen molar-refractivity contribution in [2.75, 3.05) is 32.8 Å². The van der Waals surface area contributed by atoms with Gasteiger partial charge >= 0.3 is 0 Å². The molecule has 0 bridgehead atoms. The van der Waals surface area contributed by atoms with Crippen LogP contribution in [0.2, 0.25) is 0 Å². The zero-order valence-corrected chi connectivity index (χ0v) is 13.5. The van der Waals surface area contributed by atoms with Crippen LogP contribution in [0.25, 0.3) is 5.69 Å². The Morgan fingerprint density at radius 1 is 1.36 bits per heavy atom. The Bertz CT molecular complexity index is 603. The zero-order valence-electron chi connectivity index (χ0n) is 12.7. The van der Waals surface area contributed by atoms with Crippen molar-refractivity contribution < 1.29 is 9.53 Å². The Hall–Kier alpha value is -1.63. The van der Waals surface area contributed by atoms with E-state index in [-0.39, 0.29) is 11.9 Å². The predicted octanol–water partition coefficient (Wildman–Crippen LogP) is 1.99. The van der Waals surface area contributed by atoms with Gasteiger partial charge in [-0.1, -0.05) is 0 Å². The summed E-state index contributed by atoms with van der Waals surface area (Å²) in [5, 5.41) is 5.06. The lowest BCUT2D eigenvalue weighted by atomic mass is 10.2. The number of hydrogen-bond donors (Lipinski definition) is 1. The molecule has 0 spiro atoms. The lowest BCUT2D eigenvalue weighted by molar-refractivity contribution is 0.0342. The van der Waals surface area contributed by atoms with Crippen molar-refractivity contribution in [2.45, 2.75) is 13.0 Å². The number of rotatable bonds is 5. The van der Waals surface area contributed by atoms with Crippen molar-refractivity contribution in [1.29, 1.82) is 0 Å². The van der Waals surface area contributed by atoms with E-state index in [1.165, 1.54) is 11.3 Å². The molecule has 1 N–H and O–H groups in total. The second kappa shape index (κ2) is 7.09. The zero-order chi connectivity index (χ0) is 15.4. The lowest BCUT2D eigenvalue weighted by Crippen LogP contribution is -2.46. The molecule has 1 atom stereocenters. The summed E-state index contributed by atoms with van der Waals surface area (Å²) in [6.45, 7) is 6.35. The number of amides is 1. The third-order valence-electron chi connectivity index (χ3n) is 3.75. The van der Waals surface area contributed by atoms with Crippen molar-refractivity contribution >= 4 is 17.2 Å². The summed E-state index contributed by atoms with van der Waals surface area (Å²) >= 11 is 1.48. The highest BCUT2D eigenvalue weighted by molar-refractivity contribution is 7.12. The second-order valence-corrected chi connectivity index (χ2v) is 6.43. The number of ether oxygens (including phenoxy) is 1. The summed E-state index contributed by atoms with van der Waals surface area (Å²) in [5.41, 5.74) is 0.936. The molecule has 1 aliphatic rings. The molecule has 118 valence electrons. The number of hydrogen-bond acceptors (Lipinski definition) is 4. The highest BCUT2D eigenvalue weighted by atomic mass is 32.1. The lowest BCUT2D eigenvalue weighted by Gasteiger charge is -2.29. The molecule has 5 nitrogen and oxygen atoms in total. The molecule has 2 aromatic rings. The third kappa shape index (κ3) is 3.58. The summed E-state index contributed by atoms with van der Waals surface area (Å²) in [4.78, 5) is 15.6. The van der Waals surface area contributed by atoms with E-state index < -0.39 is 0 Å². The van der Waals surface area contributed by atoms with E-state index in [1.54, 1.807) is 0 Å². The first-order valence-electron chi connectivity index (χ1n) is 7.56. The highest BCUT2D eigenvalue weighted by Gasteiger charge is 2.19. The minimum atomic E-state index is -0.000501. The van der Waals surface area contributed by atoms with Gasteiger partial charge in [0.1, 0.15) is 4.88 Å². The molecular weight excluding hydrogens is 298 g/mol. The van der Waals surface area contributed by atoms with Crippen LogP contribution in [0, 0.1) is 0 Å². The van der Waals surface area contributed by atoms with Gasteiger partial charge in [0.25, 0.3) is 5.91 Å². The summed E-state index contributed by atoms with van der Waals surface area (Å²) in [7, 11) is 0. The van der Waals surface area contributed by atoms with E-state index in [0.29, 0.717) is 0 Å². The van der Waals surface area contributed by atoms with Crippen molar-refractivity contribution in [1.82, 2.24) is 14.8 Å². The third-order valence-corrected chi connectivity index (χ3v) is 4.65. The van der Waals surface area contributed by atoms with Gasteiger partial charge in [0.2, 0.25) is 0 Å². The van der Waals surface area contributed by atoms with Crippen molar-refractivity contribution in [3.05, 3.63) is 40.8 Å². The predicted molar refractivity (Wildman–Crippen MR) is 87.8 cm³/mol. The van der Waals surface area contributed by atoms with E-state index >= 15 is 0 Å². The van der Waals surface area contributed by atoms with E-state index in [0.717, 1.165) is 43.4 Å². The number of nitrogens with zero attached hydrogens (tertiary/aromatic N) is 2. The number of nitrogens with one attached hydrogen (secondary N) is 1. The largest absolute Gasteiger partial charge is 0.379 e. The summed E-state index contributed by atoms with van der Waals surface area (Å²) < 4.78 is 7.32. The average molecular weight is 319 g/mol. The van der Waals surface area contributed by atoms with Crippen LogP contribution in [-0.4, -0.2) is 54.3 Å². The van der Waals surface area contributed by atoms with Gasteiger partial charge in [-0.15, -0.1) is 11.3 Å². The van der Waals surface area contributed by atoms with Gasteiger partial charge < -0.3 is 14.6 Å². The molecule has 3 heterocycles. The van der Waals surface area contributed by atoms with Gasteiger partial charge in [0.05, 0.1) is 18.9 Å². The number of morpholine rings is 1. The summed E-state index contributed by atoms with van der Waals surface area (Å²) in [6.07, 6.45) is 3.91. The van der Waals surface area contributed by atoms with Gasteiger partial charge in [0, 0.05) is 38.1 Å². The van der Waals surface area contributed by atoms with Crippen LogP contribution in [0.15, 0.2) is 36.0 Å². The molecule has 1 saturated heterocycles. The SMILES string of the molecule is C[C@@H](CN1CCOCC1)NC(=O)c1sccc1-n1cccc1. The fourth-order valence-corrected chi connectivity index (χ4v) is 3.47. The maximum absolute atomic E-state index is 12.5. The smallest absolute Gasteiger partial charge is 0.263 e. The fourth-order valence-electron chi connectivity index (χ4n) is 2.68. The standard InChI is InChI=1S/C16H21N3O2S/c1-13(12-18-7-9-21-10-8-18)17-16(20)15-14(4-11-22-15)19-5-2-3-6-19/h2-6,11,13H,7-10,12H2,1H3,(H,17,20)/t13-/m0/s1. The summed E-state index contributed by atoms with van der Waals surface area (Å²) in [5.74, 6) is -0.000501. The molecule has 2 aromatic heterocycles. The topological polar surface area (TPSA) is 46.5 Å². The van der Waals surface area contributed by atoms with Crippen LogP contribution in [0.5, 0.6) is 0 Å². The number of carbonyl (C=O) groups excluding carboxylic acids is 1. The van der Waals surface area contributed by atoms with Gasteiger partial charge in [0.15, 0.2) is 0 Å². The fraction of sp³-hybridized carbons (Fsp3) is 0.438. The van der Waals surface area contributed by atoms with Gasteiger partial charge in [-0.2, -0.15) is 0 Å². The molecule has 3 rings (SSSR count). The quantitative estimate of drug-likeness (QED) is 0.917. The van der Waals surface area contributed by atoms with E-state index in [2.05, 4.69) is 17.1 Å². The number of thiophene rings is 1. The van der Waals surface area contributed by atoms with Crippen LogP contribution < -0.4 is 5.32 Å².